The summed E-state index contributed by atoms with van der Waals surface area (Å²) in [6, 6.07) is 5.99. The zero-order valence-electron chi connectivity index (χ0n) is 11.9. The van der Waals surface area contributed by atoms with Gasteiger partial charge in [0.2, 0.25) is 0 Å². The number of aromatic nitrogens is 1. The first-order valence-corrected chi connectivity index (χ1v) is 6.57. The van der Waals surface area contributed by atoms with Gasteiger partial charge in [-0.1, -0.05) is 13.0 Å². The van der Waals surface area contributed by atoms with Crippen molar-refractivity contribution in [2.24, 2.45) is 0 Å². The van der Waals surface area contributed by atoms with Crippen LogP contribution < -0.4 is 0 Å². The lowest BCUT2D eigenvalue weighted by atomic mass is 9.70. The van der Waals surface area contributed by atoms with Crippen LogP contribution in [0.1, 0.15) is 40.3 Å². The van der Waals surface area contributed by atoms with Gasteiger partial charge in [-0.2, -0.15) is 0 Å². The lowest BCUT2D eigenvalue weighted by Gasteiger charge is -2.32. The molecule has 2 rings (SSSR count). The molecule has 3 nitrogen and oxygen atoms in total. The molecule has 4 heteroatoms. The second kappa shape index (κ2) is 4.67. The van der Waals surface area contributed by atoms with Crippen LogP contribution in [0.2, 0.25) is 5.82 Å². The van der Waals surface area contributed by atoms with Gasteiger partial charge < -0.3 is 9.31 Å². The number of nitrogens with zero attached hydrogens (tertiary/aromatic N) is 1. The van der Waals surface area contributed by atoms with E-state index in [2.05, 4.69) is 39.6 Å². The Kier molecular flexibility index (Phi) is 3.52. The van der Waals surface area contributed by atoms with Crippen LogP contribution in [-0.4, -0.2) is 23.3 Å². The third-order valence-corrected chi connectivity index (χ3v) is 3.99. The average molecular weight is 247 g/mol. The molecule has 1 unspecified atom stereocenters. The molecule has 98 valence electrons. The molecule has 0 N–H and O–H groups in total. The second-order valence-corrected chi connectivity index (χ2v) is 6.13. The summed E-state index contributed by atoms with van der Waals surface area (Å²) >= 11 is 0. The van der Waals surface area contributed by atoms with E-state index in [1.54, 1.807) is 0 Å². The molecule has 18 heavy (non-hydrogen) atoms. The van der Waals surface area contributed by atoms with E-state index >= 15 is 0 Å². The monoisotopic (exact) mass is 247 g/mol. The smallest absolute Gasteiger partial charge is 0.403 e. The van der Waals surface area contributed by atoms with Gasteiger partial charge in [0.05, 0.1) is 11.2 Å². The summed E-state index contributed by atoms with van der Waals surface area (Å²) in [6.07, 6.45) is 2.70. The Labute approximate surface area is 110 Å². The van der Waals surface area contributed by atoms with Crippen LogP contribution in [0.4, 0.5) is 0 Å². The summed E-state index contributed by atoms with van der Waals surface area (Å²) in [7, 11) is -0.156. The van der Waals surface area contributed by atoms with Gasteiger partial charge in [-0.05, 0) is 52.1 Å². The topological polar surface area (TPSA) is 31.4 Å². The molecular formula is C14H22BNO2. The Balaban J connectivity index is 2.02. The van der Waals surface area contributed by atoms with E-state index in [4.69, 9.17) is 9.31 Å². The lowest BCUT2D eigenvalue weighted by molar-refractivity contribution is 0.00578. The molecule has 1 aromatic rings. The molecule has 0 bridgehead atoms. The van der Waals surface area contributed by atoms with Gasteiger partial charge in [0.25, 0.3) is 0 Å². The van der Waals surface area contributed by atoms with Crippen molar-refractivity contribution in [1.29, 1.82) is 0 Å². The predicted octanol–water partition coefficient (Wildman–Crippen LogP) is 3.11. The highest BCUT2D eigenvalue weighted by atomic mass is 16.7. The van der Waals surface area contributed by atoms with Crippen molar-refractivity contribution in [2.75, 3.05) is 0 Å². The van der Waals surface area contributed by atoms with Crippen molar-refractivity contribution >= 4 is 7.12 Å². The molecule has 1 aromatic heterocycles. The Morgan fingerprint density at radius 2 is 1.78 bits per heavy atom. The molecule has 1 atom stereocenters. The zero-order chi connectivity index (χ0) is 13.4. The predicted molar refractivity (Wildman–Crippen MR) is 73.4 cm³/mol. The van der Waals surface area contributed by atoms with Crippen molar-refractivity contribution in [3.63, 3.8) is 0 Å². The van der Waals surface area contributed by atoms with Crippen molar-refractivity contribution < 1.29 is 9.31 Å². The normalized spacial score (nSPS) is 23.1. The van der Waals surface area contributed by atoms with Gasteiger partial charge in [0, 0.05) is 11.9 Å². The summed E-state index contributed by atoms with van der Waals surface area (Å²) in [6.45, 7) is 10.5. The third-order valence-electron chi connectivity index (χ3n) is 3.99. The van der Waals surface area contributed by atoms with Crippen LogP contribution in [-0.2, 0) is 15.7 Å². The fraction of sp³-hybridized carbons (Fsp3) is 0.643. The van der Waals surface area contributed by atoms with E-state index in [-0.39, 0.29) is 18.3 Å². The molecule has 1 aliphatic rings. The van der Waals surface area contributed by atoms with Crippen LogP contribution in [0.5, 0.6) is 0 Å². The first-order chi connectivity index (χ1) is 8.32. The maximum Gasteiger partial charge on any atom is 0.461 e. The van der Waals surface area contributed by atoms with E-state index in [9.17, 15) is 0 Å². The molecule has 0 aromatic carbocycles. The molecule has 0 saturated carbocycles. The lowest BCUT2D eigenvalue weighted by Crippen LogP contribution is -2.41. The minimum absolute atomic E-state index is 0.156. The molecule has 2 heterocycles. The fourth-order valence-corrected chi connectivity index (χ4v) is 2.07. The highest BCUT2D eigenvalue weighted by molar-refractivity contribution is 6.47. The Hall–Kier alpha value is -0.865. The molecule has 1 fully saturated rings. The Morgan fingerprint density at radius 1 is 1.17 bits per heavy atom. The minimum atomic E-state index is -0.254. The molecular weight excluding hydrogens is 225 g/mol. The van der Waals surface area contributed by atoms with Crippen LogP contribution >= 0.6 is 0 Å². The van der Waals surface area contributed by atoms with Crippen LogP contribution in [0, 0.1) is 0 Å². The maximum absolute atomic E-state index is 6.05. The van der Waals surface area contributed by atoms with Crippen molar-refractivity contribution in [3.8, 4) is 0 Å². The standard InChI is InChI=1S/C14H22BNO2/c1-11(10-12-8-6-7-9-16-12)15-17-13(2,3)14(4,5)18-15/h6-9,11H,10H2,1-5H3. The zero-order valence-corrected chi connectivity index (χ0v) is 11.9. The fourth-order valence-electron chi connectivity index (χ4n) is 2.07. The SMILES string of the molecule is CC(Cc1ccccn1)B1OC(C)(C)C(C)(C)O1. The van der Waals surface area contributed by atoms with E-state index in [1.807, 2.05) is 24.4 Å². The van der Waals surface area contributed by atoms with Crippen molar-refractivity contribution in [2.45, 2.75) is 58.1 Å². The van der Waals surface area contributed by atoms with Crippen molar-refractivity contribution in [1.82, 2.24) is 4.98 Å². The summed E-state index contributed by atoms with van der Waals surface area (Å²) in [5.41, 5.74) is 0.575. The molecule has 1 saturated heterocycles. The first-order valence-electron chi connectivity index (χ1n) is 6.57. The highest BCUT2D eigenvalue weighted by Gasteiger charge is 2.52. The molecule has 0 amide bonds. The van der Waals surface area contributed by atoms with Gasteiger partial charge in [-0.25, -0.2) is 0 Å². The summed E-state index contributed by atoms with van der Waals surface area (Å²) in [4.78, 5) is 4.35. The molecule has 0 spiro atoms. The maximum atomic E-state index is 6.05. The first kappa shape index (κ1) is 13.6. The van der Waals surface area contributed by atoms with E-state index in [0.29, 0.717) is 5.82 Å². The Bertz CT molecular complexity index is 390. The largest absolute Gasteiger partial charge is 0.461 e. The summed E-state index contributed by atoms with van der Waals surface area (Å²) in [5, 5.41) is 0. The Morgan fingerprint density at radius 3 is 2.28 bits per heavy atom. The van der Waals surface area contributed by atoms with E-state index in [0.717, 1.165) is 12.1 Å². The van der Waals surface area contributed by atoms with E-state index in [1.165, 1.54) is 0 Å². The number of hydrogen-bond donors (Lipinski definition) is 0. The van der Waals surface area contributed by atoms with Gasteiger partial charge in [-0.15, -0.1) is 0 Å². The molecule has 0 radical (unpaired) electrons. The second-order valence-electron chi connectivity index (χ2n) is 6.13. The number of pyridine rings is 1. The van der Waals surface area contributed by atoms with E-state index < -0.39 is 0 Å². The molecule has 1 aliphatic heterocycles. The average Bonchev–Trinajstić information content (AvgIpc) is 2.50. The van der Waals surface area contributed by atoms with Crippen LogP contribution in [0.3, 0.4) is 0 Å². The summed E-state index contributed by atoms with van der Waals surface area (Å²) in [5.74, 6) is 0.293. The van der Waals surface area contributed by atoms with Gasteiger partial charge in [-0.3, -0.25) is 4.98 Å². The third kappa shape index (κ3) is 2.60. The summed E-state index contributed by atoms with van der Waals surface area (Å²) < 4.78 is 12.1. The van der Waals surface area contributed by atoms with Gasteiger partial charge in [0.15, 0.2) is 0 Å². The van der Waals surface area contributed by atoms with Gasteiger partial charge >= 0.3 is 7.12 Å². The van der Waals surface area contributed by atoms with Crippen LogP contribution in [0.15, 0.2) is 24.4 Å². The number of hydrogen-bond acceptors (Lipinski definition) is 3. The number of rotatable bonds is 3. The van der Waals surface area contributed by atoms with Crippen LogP contribution in [0.25, 0.3) is 0 Å². The molecule has 0 aliphatic carbocycles. The minimum Gasteiger partial charge on any atom is -0.403 e. The highest BCUT2D eigenvalue weighted by Crippen LogP contribution is 2.40. The van der Waals surface area contributed by atoms with Crippen molar-refractivity contribution in [3.05, 3.63) is 30.1 Å². The quantitative estimate of drug-likeness (QED) is 0.769. The van der Waals surface area contributed by atoms with Gasteiger partial charge in [0.1, 0.15) is 0 Å².